The van der Waals surface area contributed by atoms with E-state index in [1.807, 2.05) is 0 Å². The van der Waals surface area contributed by atoms with Crippen molar-refractivity contribution in [3.8, 4) is 0 Å². The van der Waals surface area contributed by atoms with Crippen molar-refractivity contribution in [2.24, 2.45) is 0 Å². The molecule has 2 aliphatic heterocycles. The van der Waals surface area contributed by atoms with Gasteiger partial charge in [0.25, 0.3) is 0 Å². The number of piperazine rings is 1. The first-order chi connectivity index (χ1) is 12.5. The van der Waals surface area contributed by atoms with Crippen LogP contribution in [0.3, 0.4) is 0 Å². The summed E-state index contributed by atoms with van der Waals surface area (Å²) in [5, 5.41) is 10.6. The molecule has 2 heterocycles. The maximum atomic E-state index is 12.8. The second-order valence-electron chi connectivity index (χ2n) is 6.70. The van der Waals surface area contributed by atoms with Crippen molar-refractivity contribution in [1.82, 2.24) is 14.1 Å². The van der Waals surface area contributed by atoms with E-state index in [0.29, 0.717) is 52.5 Å². The van der Waals surface area contributed by atoms with E-state index in [1.54, 1.807) is 18.2 Å². The molecule has 7 nitrogen and oxygen atoms in total. The highest BCUT2D eigenvalue weighted by molar-refractivity contribution is 7.89. The number of hydrogen-bond donors (Lipinski definition) is 1. The average Bonchev–Trinajstić information content (AvgIpc) is 2.63. The number of morpholine rings is 1. The first-order valence-corrected chi connectivity index (χ1v) is 10.7. The van der Waals surface area contributed by atoms with Crippen LogP contribution in [0, 0.1) is 0 Å². The van der Waals surface area contributed by atoms with Crippen LogP contribution in [0.15, 0.2) is 29.2 Å². The molecule has 0 radical (unpaired) electrons. The minimum atomic E-state index is -3.58. The highest BCUT2D eigenvalue weighted by Gasteiger charge is 2.30. The Labute approximate surface area is 160 Å². The molecule has 9 heteroatoms. The molecule has 0 amide bonds. The summed E-state index contributed by atoms with van der Waals surface area (Å²) in [4.78, 5) is 4.47. The maximum absolute atomic E-state index is 12.8. The molecule has 0 unspecified atom stereocenters. The Morgan fingerprint density at radius 1 is 1.00 bits per heavy atom. The molecule has 0 aliphatic carbocycles. The highest BCUT2D eigenvalue weighted by atomic mass is 35.5. The lowest BCUT2D eigenvalue weighted by Crippen LogP contribution is -2.52. The van der Waals surface area contributed by atoms with Gasteiger partial charge in [-0.05, 0) is 12.1 Å². The largest absolute Gasteiger partial charge is 0.390 e. The zero-order valence-electron chi connectivity index (χ0n) is 14.8. The van der Waals surface area contributed by atoms with Crippen LogP contribution in [-0.4, -0.2) is 99.3 Å². The Morgan fingerprint density at radius 2 is 1.58 bits per heavy atom. The van der Waals surface area contributed by atoms with E-state index in [-0.39, 0.29) is 9.92 Å². The lowest BCUT2D eigenvalue weighted by atomic mass is 10.2. The lowest BCUT2D eigenvalue weighted by molar-refractivity contribution is 0.00469. The van der Waals surface area contributed by atoms with E-state index in [9.17, 15) is 13.5 Å². The summed E-state index contributed by atoms with van der Waals surface area (Å²) in [7, 11) is -3.58. The van der Waals surface area contributed by atoms with Gasteiger partial charge in [-0.15, -0.1) is 0 Å². The summed E-state index contributed by atoms with van der Waals surface area (Å²) in [6, 6.07) is 6.52. The van der Waals surface area contributed by atoms with Crippen molar-refractivity contribution in [3.63, 3.8) is 0 Å². The van der Waals surface area contributed by atoms with E-state index in [4.69, 9.17) is 16.3 Å². The second kappa shape index (κ2) is 8.97. The summed E-state index contributed by atoms with van der Waals surface area (Å²) in [5.41, 5.74) is 0. The Hall–Kier alpha value is -0.740. The molecule has 0 bridgehead atoms. The zero-order chi connectivity index (χ0) is 18.6. The number of sulfonamides is 1. The first kappa shape index (κ1) is 20.0. The normalized spacial score (nSPS) is 22.4. The van der Waals surface area contributed by atoms with Gasteiger partial charge in [-0.3, -0.25) is 9.80 Å². The Kier molecular flexibility index (Phi) is 6.90. The minimum Gasteiger partial charge on any atom is -0.390 e. The second-order valence-corrected chi connectivity index (χ2v) is 9.02. The van der Waals surface area contributed by atoms with Crippen molar-refractivity contribution in [3.05, 3.63) is 29.3 Å². The molecular weight excluding hydrogens is 378 g/mol. The van der Waals surface area contributed by atoms with Crippen molar-refractivity contribution in [1.29, 1.82) is 0 Å². The molecule has 0 spiro atoms. The Balaban J connectivity index is 1.50. The molecule has 2 saturated heterocycles. The molecule has 1 aromatic carbocycles. The van der Waals surface area contributed by atoms with Crippen LogP contribution in [-0.2, 0) is 14.8 Å². The molecule has 146 valence electrons. The molecule has 26 heavy (non-hydrogen) atoms. The maximum Gasteiger partial charge on any atom is 0.244 e. The lowest BCUT2D eigenvalue weighted by Gasteiger charge is -2.36. The van der Waals surface area contributed by atoms with Gasteiger partial charge < -0.3 is 9.84 Å². The highest BCUT2D eigenvalue weighted by Crippen LogP contribution is 2.25. The number of nitrogens with zero attached hydrogens (tertiary/aromatic N) is 3. The number of rotatable bonds is 6. The predicted molar refractivity (Wildman–Crippen MR) is 99.9 cm³/mol. The Morgan fingerprint density at radius 3 is 2.19 bits per heavy atom. The van der Waals surface area contributed by atoms with Gasteiger partial charge in [0.2, 0.25) is 10.0 Å². The van der Waals surface area contributed by atoms with Crippen molar-refractivity contribution >= 4 is 21.6 Å². The molecule has 1 N–H and O–H groups in total. The van der Waals surface area contributed by atoms with E-state index in [2.05, 4.69) is 9.80 Å². The van der Waals surface area contributed by atoms with Crippen LogP contribution in [0.2, 0.25) is 5.02 Å². The zero-order valence-corrected chi connectivity index (χ0v) is 16.3. The summed E-state index contributed by atoms with van der Waals surface area (Å²) in [5.74, 6) is 0. The number of β-amino-alcohol motifs (C(OH)–C–C–N with tert-alkyl or cyclic N) is 1. The van der Waals surface area contributed by atoms with Gasteiger partial charge in [0.15, 0.2) is 0 Å². The number of aliphatic hydroxyl groups is 1. The standard InChI is InChI=1S/C17H26ClN3O4S/c18-16-3-1-2-4-17(16)26(23,24)21-7-5-19(6-8-21)13-15(22)14-20-9-11-25-12-10-20/h1-4,15,22H,5-14H2/t15-/m1/s1. The fraction of sp³-hybridized carbons (Fsp3) is 0.647. The molecule has 2 fully saturated rings. The third-order valence-electron chi connectivity index (χ3n) is 4.83. The molecule has 3 rings (SSSR count). The van der Waals surface area contributed by atoms with Crippen LogP contribution >= 0.6 is 11.6 Å². The van der Waals surface area contributed by atoms with Gasteiger partial charge in [0.1, 0.15) is 4.90 Å². The van der Waals surface area contributed by atoms with Crippen LogP contribution in [0.25, 0.3) is 0 Å². The smallest absolute Gasteiger partial charge is 0.244 e. The summed E-state index contributed by atoms with van der Waals surface area (Å²) < 4.78 is 32.3. The summed E-state index contributed by atoms with van der Waals surface area (Å²) >= 11 is 6.06. The monoisotopic (exact) mass is 403 g/mol. The van der Waals surface area contributed by atoms with Gasteiger partial charge >= 0.3 is 0 Å². The first-order valence-electron chi connectivity index (χ1n) is 8.92. The summed E-state index contributed by atoms with van der Waals surface area (Å²) in [6.07, 6.45) is -0.445. The van der Waals surface area contributed by atoms with Gasteiger partial charge in [-0.25, -0.2) is 8.42 Å². The number of ether oxygens (including phenoxy) is 1. The van der Waals surface area contributed by atoms with Crippen LogP contribution < -0.4 is 0 Å². The summed E-state index contributed by atoms with van der Waals surface area (Å²) in [6.45, 7) is 6.31. The number of hydrogen-bond acceptors (Lipinski definition) is 6. The van der Waals surface area contributed by atoms with E-state index in [0.717, 1.165) is 13.1 Å². The number of aliphatic hydroxyl groups excluding tert-OH is 1. The third kappa shape index (κ3) is 4.95. The topological polar surface area (TPSA) is 73.3 Å². The number of benzene rings is 1. The molecule has 1 aromatic rings. The molecular formula is C17H26ClN3O4S. The third-order valence-corrected chi connectivity index (χ3v) is 7.23. The van der Waals surface area contributed by atoms with E-state index < -0.39 is 16.1 Å². The molecule has 0 aromatic heterocycles. The van der Waals surface area contributed by atoms with E-state index in [1.165, 1.54) is 10.4 Å². The van der Waals surface area contributed by atoms with Crippen molar-refractivity contribution in [2.75, 3.05) is 65.6 Å². The quantitative estimate of drug-likeness (QED) is 0.738. The average molecular weight is 404 g/mol. The van der Waals surface area contributed by atoms with E-state index >= 15 is 0 Å². The SMILES string of the molecule is O=S(=O)(c1ccccc1Cl)N1CCN(C[C@@H](O)CN2CCOCC2)CC1. The fourth-order valence-electron chi connectivity index (χ4n) is 3.38. The van der Waals surface area contributed by atoms with Crippen molar-refractivity contribution < 1.29 is 18.3 Å². The molecule has 0 saturated carbocycles. The van der Waals surface area contributed by atoms with Crippen molar-refractivity contribution in [2.45, 2.75) is 11.0 Å². The van der Waals surface area contributed by atoms with Crippen LogP contribution in [0.4, 0.5) is 0 Å². The van der Waals surface area contributed by atoms with Gasteiger partial charge in [0, 0.05) is 52.4 Å². The van der Waals surface area contributed by atoms with Crippen LogP contribution in [0.1, 0.15) is 0 Å². The molecule has 2 aliphatic rings. The molecule has 1 atom stereocenters. The fourth-order valence-corrected chi connectivity index (χ4v) is 5.30. The van der Waals surface area contributed by atoms with Crippen LogP contribution in [0.5, 0.6) is 0 Å². The van der Waals surface area contributed by atoms with Gasteiger partial charge in [0.05, 0.1) is 24.3 Å². The predicted octanol–water partition coefficient (Wildman–Crippen LogP) is 0.339. The Bertz CT molecular complexity index is 689. The van der Waals surface area contributed by atoms with Gasteiger partial charge in [-0.1, -0.05) is 23.7 Å². The van der Waals surface area contributed by atoms with Gasteiger partial charge in [-0.2, -0.15) is 4.31 Å². The number of halogens is 1. The minimum absolute atomic E-state index is 0.155.